The average Bonchev–Trinajstić information content (AvgIpc) is 3.17. The van der Waals surface area contributed by atoms with Crippen molar-refractivity contribution in [3.8, 4) is 17.2 Å². The SMILES string of the molecule is COc1cc2c3c(c4nc(Cl)c(O)c(Cl)c4c2cc1OC)CC1CCCC1C3. The molecule has 2 atom stereocenters. The number of hydrogen-bond donors (Lipinski definition) is 1. The topological polar surface area (TPSA) is 51.6 Å². The zero-order valence-corrected chi connectivity index (χ0v) is 17.3. The van der Waals surface area contributed by atoms with E-state index in [0.29, 0.717) is 23.3 Å². The fourth-order valence-corrected chi connectivity index (χ4v) is 5.76. The van der Waals surface area contributed by atoms with Crippen molar-refractivity contribution in [1.82, 2.24) is 4.98 Å². The molecule has 5 rings (SSSR count). The summed E-state index contributed by atoms with van der Waals surface area (Å²) in [6.45, 7) is 0. The van der Waals surface area contributed by atoms with Gasteiger partial charge in [0.15, 0.2) is 22.4 Å². The second-order valence-corrected chi connectivity index (χ2v) is 8.59. The van der Waals surface area contributed by atoms with Crippen molar-refractivity contribution in [2.24, 2.45) is 11.8 Å². The number of halogens is 2. The largest absolute Gasteiger partial charge is 0.504 e. The van der Waals surface area contributed by atoms with Crippen LogP contribution in [0.15, 0.2) is 12.1 Å². The molecule has 0 amide bonds. The maximum Gasteiger partial charge on any atom is 0.173 e. The van der Waals surface area contributed by atoms with Gasteiger partial charge in [-0.2, -0.15) is 0 Å². The molecule has 0 radical (unpaired) electrons. The van der Waals surface area contributed by atoms with Crippen molar-refractivity contribution in [3.63, 3.8) is 0 Å². The first-order valence-corrected chi connectivity index (χ1v) is 10.4. The molecule has 1 aromatic heterocycles. The first-order chi connectivity index (χ1) is 13.5. The molecule has 2 aliphatic rings. The standard InChI is InChI=1S/C22H21Cl2NO3/c1-27-16-8-13-12-6-10-4-3-5-11(10)7-15(12)20-18(14(13)9-17(16)28-2)19(23)21(26)22(24)25-20/h8-11,26H,3-7H2,1-2H3. The van der Waals surface area contributed by atoms with Gasteiger partial charge in [0.2, 0.25) is 0 Å². The summed E-state index contributed by atoms with van der Waals surface area (Å²) in [5, 5.41) is 13.4. The van der Waals surface area contributed by atoms with Crippen LogP contribution in [0.5, 0.6) is 17.2 Å². The molecule has 0 spiro atoms. The lowest BCUT2D eigenvalue weighted by atomic mass is 9.75. The van der Waals surface area contributed by atoms with E-state index in [1.807, 2.05) is 12.1 Å². The highest BCUT2D eigenvalue weighted by Crippen LogP contribution is 2.50. The van der Waals surface area contributed by atoms with Gasteiger partial charge in [-0.05, 0) is 71.6 Å². The maximum absolute atomic E-state index is 10.4. The van der Waals surface area contributed by atoms with E-state index in [-0.39, 0.29) is 15.9 Å². The monoisotopic (exact) mass is 417 g/mol. The highest BCUT2D eigenvalue weighted by molar-refractivity contribution is 6.42. The molecule has 1 fully saturated rings. The Labute approximate surface area is 173 Å². The van der Waals surface area contributed by atoms with Crippen molar-refractivity contribution in [2.75, 3.05) is 14.2 Å². The van der Waals surface area contributed by atoms with E-state index in [0.717, 1.165) is 34.5 Å². The minimum Gasteiger partial charge on any atom is -0.504 e. The molecule has 1 saturated carbocycles. The Morgan fingerprint density at radius 2 is 1.57 bits per heavy atom. The van der Waals surface area contributed by atoms with Crippen LogP contribution in [-0.4, -0.2) is 24.3 Å². The van der Waals surface area contributed by atoms with Crippen LogP contribution in [0, 0.1) is 11.8 Å². The van der Waals surface area contributed by atoms with E-state index < -0.39 is 0 Å². The maximum atomic E-state index is 10.4. The summed E-state index contributed by atoms with van der Waals surface area (Å²) in [5.74, 6) is 2.52. The molecule has 0 saturated heterocycles. The number of hydrogen-bond acceptors (Lipinski definition) is 4. The first-order valence-electron chi connectivity index (χ1n) is 9.60. The molecule has 1 heterocycles. The van der Waals surface area contributed by atoms with Gasteiger partial charge in [-0.25, -0.2) is 4.98 Å². The van der Waals surface area contributed by atoms with Gasteiger partial charge in [0.25, 0.3) is 0 Å². The number of aromatic nitrogens is 1. The smallest absolute Gasteiger partial charge is 0.173 e. The van der Waals surface area contributed by atoms with Crippen LogP contribution in [0.1, 0.15) is 30.4 Å². The van der Waals surface area contributed by atoms with Crippen LogP contribution in [-0.2, 0) is 12.8 Å². The molecule has 2 aromatic carbocycles. The normalized spacial score (nSPS) is 21.0. The molecular formula is C22H21Cl2NO3. The third kappa shape index (κ3) is 2.47. The molecule has 0 bridgehead atoms. The Balaban J connectivity index is 1.95. The van der Waals surface area contributed by atoms with Gasteiger partial charge < -0.3 is 14.6 Å². The lowest BCUT2D eigenvalue weighted by Gasteiger charge is -2.30. The molecule has 0 aliphatic heterocycles. The highest BCUT2D eigenvalue weighted by atomic mass is 35.5. The van der Waals surface area contributed by atoms with Gasteiger partial charge in [-0.15, -0.1) is 0 Å². The molecule has 4 nitrogen and oxygen atoms in total. The van der Waals surface area contributed by atoms with E-state index >= 15 is 0 Å². The fourth-order valence-electron chi connectivity index (χ4n) is 5.25. The van der Waals surface area contributed by atoms with Crippen molar-refractivity contribution in [1.29, 1.82) is 0 Å². The third-order valence-corrected chi connectivity index (χ3v) is 7.22. The lowest BCUT2D eigenvalue weighted by Crippen LogP contribution is -2.21. The summed E-state index contributed by atoms with van der Waals surface area (Å²) >= 11 is 12.8. The Kier molecular flexibility index (Phi) is 4.25. The molecule has 2 unspecified atom stereocenters. The van der Waals surface area contributed by atoms with E-state index in [1.165, 1.54) is 30.4 Å². The number of aromatic hydroxyl groups is 1. The molecule has 3 aromatic rings. The summed E-state index contributed by atoms with van der Waals surface area (Å²) in [7, 11) is 3.26. The van der Waals surface area contributed by atoms with Crippen LogP contribution in [0.3, 0.4) is 0 Å². The van der Waals surface area contributed by atoms with Gasteiger partial charge in [0.05, 0.1) is 24.8 Å². The van der Waals surface area contributed by atoms with Gasteiger partial charge in [0.1, 0.15) is 0 Å². The zero-order chi connectivity index (χ0) is 19.6. The second kappa shape index (κ2) is 6.57. The van der Waals surface area contributed by atoms with E-state index in [2.05, 4.69) is 4.98 Å². The van der Waals surface area contributed by atoms with Gasteiger partial charge in [0, 0.05) is 5.39 Å². The molecule has 2 aliphatic carbocycles. The predicted molar refractivity (Wildman–Crippen MR) is 112 cm³/mol. The number of pyridine rings is 1. The minimum absolute atomic E-state index is 0.0491. The van der Waals surface area contributed by atoms with Crippen molar-refractivity contribution >= 4 is 44.9 Å². The summed E-state index contributed by atoms with van der Waals surface area (Å²) < 4.78 is 11.1. The first kappa shape index (κ1) is 18.1. The lowest BCUT2D eigenvalue weighted by molar-refractivity contribution is 0.355. The number of nitrogens with zero attached hydrogens (tertiary/aromatic N) is 1. The Bertz CT molecular complexity index is 1130. The summed E-state index contributed by atoms with van der Waals surface area (Å²) in [5.41, 5.74) is 3.31. The van der Waals surface area contributed by atoms with Gasteiger partial charge in [-0.1, -0.05) is 29.6 Å². The van der Waals surface area contributed by atoms with Gasteiger partial charge >= 0.3 is 0 Å². The minimum atomic E-state index is -0.179. The van der Waals surface area contributed by atoms with Crippen LogP contribution >= 0.6 is 23.2 Å². The molecule has 28 heavy (non-hydrogen) atoms. The zero-order valence-electron chi connectivity index (χ0n) is 15.8. The van der Waals surface area contributed by atoms with Gasteiger partial charge in [-0.3, -0.25) is 0 Å². The number of fused-ring (bicyclic) bond motifs is 7. The molecular weight excluding hydrogens is 397 g/mol. The fraction of sp³-hybridized carbons (Fsp3) is 0.409. The summed E-state index contributed by atoms with van der Waals surface area (Å²) in [6, 6.07) is 3.96. The van der Waals surface area contributed by atoms with Crippen LogP contribution in [0.25, 0.3) is 21.7 Å². The Morgan fingerprint density at radius 1 is 0.964 bits per heavy atom. The van der Waals surface area contributed by atoms with Crippen molar-refractivity contribution in [2.45, 2.75) is 32.1 Å². The Morgan fingerprint density at radius 3 is 2.21 bits per heavy atom. The van der Waals surface area contributed by atoms with Crippen molar-refractivity contribution < 1.29 is 14.6 Å². The van der Waals surface area contributed by atoms with E-state index in [9.17, 15) is 5.11 Å². The molecule has 6 heteroatoms. The molecule has 1 N–H and O–H groups in total. The number of methoxy groups -OCH3 is 2. The van der Waals surface area contributed by atoms with Crippen LogP contribution in [0.2, 0.25) is 10.2 Å². The number of benzene rings is 2. The average molecular weight is 418 g/mol. The number of rotatable bonds is 2. The van der Waals surface area contributed by atoms with Crippen molar-refractivity contribution in [3.05, 3.63) is 33.4 Å². The third-order valence-electron chi connectivity index (χ3n) is 6.59. The second-order valence-electron chi connectivity index (χ2n) is 7.86. The number of ether oxygens (including phenoxy) is 2. The van der Waals surface area contributed by atoms with Crippen LogP contribution < -0.4 is 9.47 Å². The summed E-state index contributed by atoms with van der Waals surface area (Å²) in [6.07, 6.45) is 5.83. The van der Waals surface area contributed by atoms with Crippen LogP contribution in [0.4, 0.5) is 0 Å². The van der Waals surface area contributed by atoms with E-state index in [1.54, 1.807) is 14.2 Å². The summed E-state index contributed by atoms with van der Waals surface area (Å²) in [4.78, 5) is 4.57. The quantitative estimate of drug-likeness (QED) is 0.414. The highest BCUT2D eigenvalue weighted by Gasteiger charge is 2.35. The van der Waals surface area contributed by atoms with E-state index in [4.69, 9.17) is 32.7 Å². The Hall–Kier alpha value is -1.91. The molecule has 146 valence electrons. The predicted octanol–water partition coefficient (Wildman–Crippen LogP) is 5.93.